The van der Waals surface area contributed by atoms with Crippen LogP contribution in [0.4, 0.5) is 0 Å². The largest absolute Gasteiger partial charge is 0.0879 e. The van der Waals surface area contributed by atoms with Gasteiger partial charge in [0.15, 0.2) is 0 Å². The first-order chi connectivity index (χ1) is 8.49. The second kappa shape index (κ2) is 5.30. The van der Waals surface area contributed by atoms with E-state index in [9.17, 15) is 0 Å². The lowest BCUT2D eigenvalue weighted by Gasteiger charge is -2.06. The molecule has 0 aromatic heterocycles. The fourth-order valence-corrected chi connectivity index (χ4v) is 2.42. The second-order valence-corrected chi connectivity index (χ2v) is 6.66. The first-order valence-corrected chi connectivity index (χ1v) is 7.24. The van der Waals surface area contributed by atoms with Gasteiger partial charge in [0.2, 0.25) is 0 Å². The van der Waals surface area contributed by atoms with Gasteiger partial charge in [-0.2, -0.15) is 0 Å². The monoisotopic (exact) mass is 242 g/mol. The van der Waals surface area contributed by atoms with Crippen LogP contribution in [0, 0.1) is 11.3 Å². The number of hydrogen-bond donors (Lipinski definition) is 0. The van der Waals surface area contributed by atoms with Gasteiger partial charge in [-0.1, -0.05) is 64.1 Å². The summed E-state index contributed by atoms with van der Waals surface area (Å²) in [6.45, 7) is 9.20. The molecule has 0 heteroatoms. The molecule has 1 fully saturated rings. The zero-order chi connectivity index (χ0) is 13.2. The molecule has 98 valence electrons. The van der Waals surface area contributed by atoms with Gasteiger partial charge >= 0.3 is 0 Å². The van der Waals surface area contributed by atoms with E-state index in [4.69, 9.17) is 0 Å². The van der Waals surface area contributed by atoms with Crippen molar-refractivity contribution in [2.45, 2.75) is 52.9 Å². The fourth-order valence-electron chi connectivity index (χ4n) is 2.42. The van der Waals surface area contributed by atoms with Gasteiger partial charge in [0.05, 0.1) is 0 Å². The van der Waals surface area contributed by atoms with E-state index in [1.807, 2.05) is 0 Å². The average Bonchev–Trinajstić information content (AvgIpc) is 2.93. The van der Waals surface area contributed by atoms with Crippen molar-refractivity contribution in [2.24, 2.45) is 11.3 Å². The Labute approximate surface area is 112 Å². The molecule has 2 rings (SSSR count). The zero-order valence-electron chi connectivity index (χ0n) is 12.2. The maximum absolute atomic E-state index is 2.42. The van der Waals surface area contributed by atoms with Crippen molar-refractivity contribution in [3.05, 3.63) is 47.5 Å². The topological polar surface area (TPSA) is 0 Å². The van der Waals surface area contributed by atoms with Crippen LogP contribution in [0.1, 0.15) is 57.6 Å². The van der Waals surface area contributed by atoms with Gasteiger partial charge in [0, 0.05) is 0 Å². The van der Waals surface area contributed by atoms with E-state index in [1.165, 1.54) is 30.4 Å². The molecule has 1 saturated carbocycles. The first-order valence-electron chi connectivity index (χ1n) is 7.24. The zero-order valence-corrected chi connectivity index (χ0v) is 12.2. The second-order valence-electron chi connectivity index (χ2n) is 6.66. The van der Waals surface area contributed by atoms with Crippen molar-refractivity contribution in [2.75, 3.05) is 0 Å². The molecule has 1 atom stereocenters. The van der Waals surface area contributed by atoms with Gasteiger partial charge in [-0.3, -0.25) is 0 Å². The summed E-state index contributed by atoms with van der Waals surface area (Å²) in [5.74, 6) is 1.47. The van der Waals surface area contributed by atoms with Crippen LogP contribution in [0.5, 0.6) is 0 Å². The molecule has 0 saturated heterocycles. The van der Waals surface area contributed by atoms with Crippen molar-refractivity contribution in [3.63, 3.8) is 0 Å². The third-order valence-corrected chi connectivity index (χ3v) is 4.20. The van der Waals surface area contributed by atoms with E-state index in [2.05, 4.69) is 64.1 Å². The summed E-state index contributed by atoms with van der Waals surface area (Å²) < 4.78 is 0. The smallest absolute Gasteiger partial charge is 0.0177 e. The summed E-state index contributed by atoms with van der Waals surface area (Å²) in [5.41, 5.74) is 3.48. The predicted octanol–water partition coefficient (Wildman–Crippen LogP) is 5.34. The van der Waals surface area contributed by atoms with E-state index in [1.54, 1.807) is 0 Å². The molecule has 18 heavy (non-hydrogen) atoms. The van der Waals surface area contributed by atoms with Gasteiger partial charge in [-0.15, -0.1) is 0 Å². The Bertz CT molecular complexity index is 406. The third kappa shape index (κ3) is 3.48. The highest BCUT2D eigenvalue weighted by molar-refractivity contribution is 5.25. The van der Waals surface area contributed by atoms with Crippen LogP contribution in [0.3, 0.4) is 0 Å². The van der Waals surface area contributed by atoms with Crippen LogP contribution in [0.15, 0.2) is 36.4 Å². The molecule has 1 unspecified atom stereocenters. The van der Waals surface area contributed by atoms with E-state index in [0.29, 0.717) is 11.3 Å². The van der Waals surface area contributed by atoms with Crippen LogP contribution in [0.2, 0.25) is 0 Å². The highest BCUT2D eigenvalue weighted by Gasteiger charge is 2.43. The summed E-state index contributed by atoms with van der Waals surface area (Å²) in [6, 6.07) is 9.11. The number of aryl methyl sites for hydroxylation is 1. The molecule has 0 N–H and O–H groups in total. The summed E-state index contributed by atoms with van der Waals surface area (Å²) in [5, 5.41) is 0. The Balaban J connectivity index is 1.77. The number of rotatable bonds is 5. The van der Waals surface area contributed by atoms with Crippen molar-refractivity contribution >= 4 is 0 Å². The maximum atomic E-state index is 2.42. The SMILES string of the molecule is CC(C)c1ccc(CC/C=C/C2CC2(C)C)cc1. The molecule has 0 radical (unpaired) electrons. The molecule has 1 aliphatic carbocycles. The molecular formula is C18H26. The highest BCUT2D eigenvalue weighted by Crippen LogP contribution is 2.52. The molecule has 0 aliphatic heterocycles. The van der Waals surface area contributed by atoms with Crippen molar-refractivity contribution in [3.8, 4) is 0 Å². The van der Waals surface area contributed by atoms with Gasteiger partial charge in [0.25, 0.3) is 0 Å². The molecule has 0 amide bonds. The molecule has 1 aromatic rings. The molecule has 1 aliphatic rings. The first kappa shape index (κ1) is 13.4. The predicted molar refractivity (Wildman–Crippen MR) is 79.9 cm³/mol. The molecule has 0 bridgehead atoms. The van der Waals surface area contributed by atoms with Crippen LogP contribution in [-0.4, -0.2) is 0 Å². The quantitative estimate of drug-likeness (QED) is 0.611. The molecule has 0 nitrogen and oxygen atoms in total. The minimum absolute atomic E-state index is 0.579. The third-order valence-electron chi connectivity index (χ3n) is 4.20. The Morgan fingerprint density at radius 1 is 1.22 bits per heavy atom. The van der Waals surface area contributed by atoms with E-state index >= 15 is 0 Å². The number of benzene rings is 1. The van der Waals surface area contributed by atoms with E-state index < -0.39 is 0 Å². The van der Waals surface area contributed by atoms with E-state index in [0.717, 1.165) is 5.92 Å². The van der Waals surface area contributed by atoms with Gasteiger partial charge in [-0.25, -0.2) is 0 Å². The Morgan fingerprint density at radius 3 is 2.33 bits per heavy atom. The standard InChI is InChI=1S/C18H26/c1-14(2)16-11-9-15(10-12-16)7-5-6-8-17-13-18(17,3)4/h6,8-12,14,17H,5,7,13H2,1-4H3/b8-6+. The number of hydrogen-bond acceptors (Lipinski definition) is 0. The van der Waals surface area contributed by atoms with Gasteiger partial charge in [0.1, 0.15) is 0 Å². The average molecular weight is 242 g/mol. The van der Waals surface area contributed by atoms with Crippen molar-refractivity contribution in [1.82, 2.24) is 0 Å². The lowest BCUT2D eigenvalue weighted by atomic mass is 10.00. The van der Waals surface area contributed by atoms with E-state index in [-0.39, 0.29) is 0 Å². The highest BCUT2D eigenvalue weighted by atomic mass is 14.5. The van der Waals surface area contributed by atoms with Crippen LogP contribution >= 0.6 is 0 Å². The van der Waals surface area contributed by atoms with Crippen molar-refractivity contribution < 1.29 is 0 Å². The fraction of sp³-hybridized carbons (Fsp3) is 0.556. The number of allylic oxidation sites excluding steroid dienone is 2. The molecule has 0 heterocycles. The summed E-state index contributed by atoms with van der Waals surface area (Å²) >= 11 is 0. The Morgan fingerprint density at radius 2 is 1.83 bits per heavy atom. The molecule has 1 aromatic carbocycles. The molecular weight excluding hydrogens is 216 g/mol. The minimum atomic E-state index is 0.579. The lowest BCUT2D eigenvalue weighted by molar-refractivity contribution is 0.609. The lowest BCUT2D eigenvalue weighted by Crippen LogP contribution is -1.89. The normalized spacial score (nSPS) is 21.7. The maximum Gasteiger partial charge on any atom is -0.0177 e. The van der Waals surface area contributed by atoms with Crippen LogP contribution < -0.4 is 0 Å². The Hall–Kier alpha value is -1.04. The summed E-state index contributed by atoms with van der Waals surface area (Å²) in [6.07, 6.45) is 8.50. The van der Waals surface area contributed by atoms with Gasteiger partial charge in [-0.05, 0) is 47.6 Å². The van der Waals surface area contributed by atoms with Crippen molar-refractivity contribution in [1.29, 1.82) is 0 Å². The van der Waals surface area contributed by atoms with Gasteiger partial charge < -0.3 is 0 Å². The minimum Gasteiger partial charge on any atom is -0.0879 e. The Kier molecular flexibility index (Phi) is 3.94. The summed E-state index contributed by atoms with van der Waals surface area (Å²) in [4.78, 5) is 0. The van der Waals surface area contributed by atoms with Crippen LogP contribution in [0.25, 0.3) is 0 Å². The van der Waals surface area contributed by atoms with Crippen LogP contribution in [-0.2, 0) is 6.42 Å². The molecule has 0 spiro atoms. The summed E-state index contributed by atoms with van der Waals surface area (Å²) in [7, 11) is 0.